The van der Waals surface area contributed by atoms with Gasteiger partial charge in [-0.3, -0.25) is 32.2 Å². The van der Waals surface area contributed by atoms with E-state index < -0.39 is 92.2 Å². The third-order valence-corrected chi connectivity index (χ3v) is 13.1. The molecule has 33 heteroatoms. The second-order valence-electron chi connectivity index (χ2n) is 13.1. The van der Waals surface area contributed by atoms with E-state index >= 15 is 0 Å². The fourth-order valence-corrected chi connectivity index (χ4v) is 9.59. The van der Waals surface area contributed by atoms with Crippen molar-refractivity contribution in [3.05, 3.63) is 50.3 Å². The summed E-state index contributed by atoms with van der Waals surface area (Å²) >= 11 is 11.6. The van der Waals surface area contributed by atoms with E-state index in [0.717, 1.165) is 0 Å². The molecule has 3 unspecified atom stereocenters. The first-order valence-corrected chi connectivity index (χ1v) is 24.2. The molecule has 24 nitrogen and oxygen atoms in total. The average molecular weight is 1090 g/mol. The number of benzene rings is 2. The van der Waals surface area contributed by atoms with Gasteiger partial charge in [-0.25, -0.2) is 26.0 Å². The van der Waals surface area contributed by atoms with Crippen LogP contribution in [0.2, 0.25) is 10.0 Å². The van der Waals surface area contributed by atoms with Crippen LogP contribution in [-0.4, -0.2) is 112 Å². The van der Waals surface area contributed by atoms with Crippen LogP contribution in [0.3, 0.4) is 0 Å². The number of amides is 2. The van der Waals surface area contributed by atoms with Gasteiger partial charge in [-0.1, -0.05) is 36.2 Å². The molecule has 4 N–H and O–H groups in total. The monoisotopic (exact) mass is 1080 g/mol. The molecule has 352 valence electrons. The number of carboxylic acids is 1. The molecule has 1 aromatic carbocycles. The predicted molar refractivity (Wildman–Crippen MR) is 220 cm³/mol. The van der Waals surface area contributed by atoms with Gasteiger partial charge in [0.15, 0.2) is 56.4 Å². The maximum atomic E-state index is 13.9. The van der Waals surface area contributed by atoms with Gasteiger partial charge in [0, 0.05) is 38.4 Å². The van der Waals surface area contributed by atoms with E-state index in [-0.39, 0.29) is 206 Å². The number of sulfone groups is 1. The quantitative estimate of drug-likeness (QED) is 0.00895. The molecule has 2 amide bonds. The number of aliphatic carboxylic acids is 1. The number of carbonyl (C=O) groups excluding carboxylic acids is 3. The Balaban J connectivity index is 0.00000514. The minimum Gasteiger partial charge on any atom is -0.726 e. The Morgan fingerprint density at radius 3 is 2.40 bits per heavy atom. The first-order valence-electron chi connectivity index (χ1n) is 18.7. The Morgan fingerprint density at radius 1 is 1.00 bits per heavy atom. The maximum absolute atomic E-state index is 13.9. The van der Waals surface area contributed by atoms with Gasteiger partial charge in [-0.05, 0) is 31.1 Å². The van der Waals surface area contributed by atoms with Crippen molar-refractivity contribution in [2.24, 2.45) is 4.99 Å². The van der Waals surface area contributed by atoms with Gasteiger partial charge < -0.3 is 50.1 Å². The van der Waals surface area contributed by atoms with Crippen molar-refractivity contribution in [2.75, 3.05) is 57.1 Å². The summed E-state index contributed by atoms with van der Waals surface area (Å²) in [5, 5.41) is 34.9. The van der Waals surface area contributed by atoms with E-state index in [2.05, 4.69) is 44.8 Å². The molecule has 0 spiro atoms. The summed E-state index contributed by atoms with van der Waals surface area (Å²) in [6, 6.07) is 1.90. The molecule has 2 aliphatic heterocycles. The smallest absolute Gasteiger partial charge is 0.726 e. The van der Waals surface area contributed by atoms with Gasteiger partial charge in [0.1, 0.15) is 36.7 Å². The number of anilines is 1. The zero-order valence-electron chi connectivity index (χ0n) is 36.1. The zero-order chi connectivity index (χ0) is 46.6. The molecule has 0 saturated heterocycles. The second-order valence-corrected chi connectivity index (χ2v) is 18.6. The summed E-state index contributed by atoms with van der Waals surface area (Å²) in [5.74, 6) is -3.24. The Kier molecular flexibility index (Phi) is 27.2. The fraction of sp³-hybridized carbons (Fsp3) is 0.441. The fourth-order valence-electron chi connectivity index (χ4n) is 6.03. The van der Waals surface area contributed by atoms with Gasteiger partial charge in [-0.15, -0.1) is 4.33 Å². The van der Waals surface area contributed by atoms with E-state index in [0.29, 0.717) is 6.42 Å². The van der Waals surface area contributed by atoms with Crippen molar-refractivity contribution < 1.29 is 170 Å². The normalized spacial score (nSPS) is 16.0. The third-order valence-electron chi connectivity index (χ3n) is 8.69. The molecule has 2 heterocycles. The molecule has 0 saturated carbocycles. The SMILES string of the molecule is CCCC(=O)NCCN=c1ccc2nc3c(Cl)c4c(c(Cl)c3oc-2c1S(=O)(=O)CCOSOO[O-])NC1C=CC(NCCNC(=O)CCC(=O)[O-])=C(S(=O)OCCOS(=O)(=O)[O-])C1O4.[Na+].[Na+].[Na+]. The number of fused-ring (bicyclic) bond motifs is 4. The van der Waals surface area contributed by atoms with Crippen LogP contribution in [0.5, 0.6) is 5.75 Å². The zero-order valence-corrected chi connectivity index (χ0v) is 46.9. The van der Waals surface area contributed by atoms with Crippen LogP contribution < -0.4 is 130 Å². The van der Waals surface area contributed by atoms with Gasteiger partial charge >= 0.3 is 88.7 Å². The van der Waals surface area contributed by atoms with Crippen molar-refractivity contribution in [1.29, 1.82) is 0 Å². The summed E-state index contributed by atoms with van der Waals surface area (Å²) in [6.45, 7) is 0.0270. The predicted octanol–water partition coefficient (Wildman–Crippen LogP) is -9.64. The van der Waals surface area contributed by atoms with E-state index in [9.17, 15) is 50.3 Å². The van der Waals surface area contributed by atoms with Gasteiger partial charge in [-0.2, -0.15) is 0 Å². The number of nitrogens with zero attached hydrogens (tertiary/aromatic N) is 2. The third kappa shape index (κ3) is 17.5. The van der Waals surface area contributed by atoms with Crippen LogP contribution in [0.15, 0.2) is 49.2 Å². The molecule has 5 rings (SSSR count). The molecule has 3 atom stereocenters. The number of ether oxygens (including phenoxy) is 1. The molecule has 0 radical (unpaired) electrons. The van der Waals surface area contributed by atoms with Crippen molar-refractivity contribution >= 4 is 101 Å². The summed E-state index contributed by atoms with van der Waals surface area (Å²) in [7, 11) is -9.44. The maximum Gasteiger partial charge on any atom is 1.00 e. The second kappa shape index (κ2) is 29.4. The molecule has 0 aromatic heterocycles. The van der Waals surface area contributed by atoms with Crippen LogP contribution in [0, 0.1) is 0 Å². The van der Waals surface area contributed by atoms with Gasteiger partial charge in [0.25, 0.3) is 0 Å². The number of nitrogens with one attached hydrogen (secondary N) is 4. The van der Waals surface area contributed by atoms with E-state index in [1.807, 2.05) is 6.92 Å². The van der Waals surface area contributed by atoms with E-state index in [1.165, 1.54) is 18.2 Å². The standard InChI is InChI=1S/C34H40Cl2N6O18S4.3Na/c1-2-3-22(43)39-13-11-38-21-7-5-19-30(34(21)63(49,50)17-16-54-61-60-59-47)58-32-26(36)27-31(25(35)28(32)42-19)57-29-18(41-27)4-6-20(37-10-12-40-23(44)8-9-24(45)46)33(29)62(48)55-14-15-56-64(51,52)53;;;/h4-7,18,29,37,41,47H,2-3,8-17H2,1H3,(H,39,43)(H,40,44)(H,45,46)(H,51,52,53);;;/q;3*+1/p-3. The van der Waals surface area contributed by atoms with Gasteiger partial charge in [0.05, 0.1) is 49.2 Å². The van der Waals surface area contributed by atoms with Crippen molar-refractivity contribution in [1.82, 2.24) is 20.9 Å². The van der Waals surface area contributed by atoms with Crippen LogP contribution in [0.1, 0.15) is 32.6 Å². The molecular formula is C34H37Cl2N6Na3O18S4. The Bertz CT molecular complexity index is 2600. The Hall–Kier alpha value is -1.17. The molecular weight excluding hydrogens is 1050 g/mol. The number of allylic oxidation sites excluding steroid dienone is 1. The summed E-state index contributed by atoms with van der Waals surface area (Å²) in [6.07, 6.45) is 1.97. The van der Waals surface area contributed by atoms with Crippen molar-refractivity contribution in [3.8, 4) is 17.2 Å². The largest absolute Gasteiger partial charge is 1.00 e. The van der Waals surface area contributed by atoms with Crippen LogP contribution in [-0.2, 0) is 67.6 Å². The molecule has 67 heavy (non-hydrogen) atoms. The number of hydrogen-bond donors (Lipinski definition) is 4. The van der Waals surface area contributed by atoms with E-state index in [4.69, 9.17) is 40.7 Å². The summed E-state index contributed by atoms with van der Waals surface area (Å²) in [5.41, 5.74) is -0.111. The number of rotatable bonds is 25. The Labute approximate surface area is 466 Å². The van der Waals surface area contributed by atoms with Crippen LogP contribution >= 0.6 is 35.5 Å². The molecule has 4 aliphatic rings. The molecule has 2 aliphatic carbocycles. The minimum absolute atomic E-state index is 0. The molecule has 0 bridgehead atoms. The minimum atomic E-state index is -5.09. The molecule has 0 fully saturated rings. The van der Waals surface area contributed by atoms with Crippen molar-refractivity contribution in [2.45, 2.75) is 49.6 Å². The Morgan fingerprint density at radius 2 is 1.72 bits per heavy atom. The number of halogens is 2. The van der Waals surface area contributed by atoms with Crippen LogP contribution in [0.25, 0.3) is 22.6 Å². The van der Waals surface area contributed by atoms with Crippen LogP contribution in [0.4, 0.5) is 5.69 Å². The summed E-state index contributed by atoms with van der Waals surface area (Å²) in [4.78, 5) is 43.2. The number of hydrogen-bond acceptors (Lipinski definition) is 23. The summed E-state index contributed by atoms with van der Waals surface area (Å²) < 4.78 is 105. The topological polar surface area (TPSA) is 348 Å². The number of carboxylic acid groups (broad SMARTS) is 1. The first-order chi connectivity index (χ1) is 30.4. The first kappa shape index (κ1) is 61.9. The number of carbonyl (C=O) groups is 3. The van der Waals surface area contributed by atoms with Gasteiger partial charge in [0.2, 0.25) is 22.2 Å². The average Bonchev–Trinajstić information content (AvgIpc) is 3.24. The van der Waals surface area contributed by atoms with Crippen molar-refractivity contribution in [3.63, 3.8) is 0 Å². The molecule has 1 aromatic rings. The number of aromatic nitrogens is 1. The van der Waals surface area contributed by atoms with E-state index in [1.54, 1.807) is 6.08 Å².